The zero-order valence-corrected chi connectivity index (χ0v) is 24.5. The van der Waals surface area contributed by atoms with E-state index < -0.39 is 17.8 Å². The molecule has 3 aromatic rings. The second-order valence-electron chi connectivity index (χ2n) is 11.8. The van der Waals surface area contributed by atoms with Crippen molar-refractivity contribution in [3.63, 3.8) is 0 Å². The number of aromatic nitrogens is 1. The van der Waals surface area contributed by atoms with Gasteiger partial charge in [0.05, 0.1) is 28.5 Å². The topological polar surface area (TPSA) is 80.9 Å². The number of phenols is 1. The van der Waals surface area contributed by atoms with Gasteiger partial charge in [0, 0.05) is 11.1 Å². The van der Waals surface area contributed by atoms with E-state index in [0.29, 0.717) is 20.6 Å². The molecule has 2 aromatic carbocycles. The number of carbonyl (C=O) groups is 1. The Morgan fingerprint density at radius 3 is 2.18 bits per heavy atom. The molecular formula is C31H35FN2O4S. The van der Waals surface area contributed by atoms with Crippen LogP contribution >= 0.6 is 11.3 Å². The standard InChI is InChI=1S/C31H35FN2O4S/c1-9-38-28(37)24-17(2)33-29-34(25(24)19-10-12-20(32)13-11-19)27(36)23(39-29)16-18-14-21(30(3,4)5)26(35)22(15-18)31(6,7)8/h10-16,25,35H,9H2,1-8H3/t25-/m0/s1. The van der Waals surface area contributed by atoms with Crippen molar-refractivity contribution in [1.29, 1.82) is 0 Å². The Kier molecular flexibility index (Phi) is 7.47. The van der Waals surface area contributed by atoms with Crippen LogP contribution in [0.2, 0.25) is 0 Å². The summed E-state index contributed by atoms with van der Waals surface area (Å²) in [6.45, 7) is 15.8. The first-order chi connectivity index (χ1) is 18.1. The number of halogens is 1. The van der Waals surface area contributed by atoms with Gasteiger partial charge in [0.2, 0.25) is 0 Å². The Morgan fingerprint density at radius 1 is 1.10 bits per heavy atom. The zero-order chi connectivity index (χ0) is 28.9. The Hall–Kier alpha value is -3.52. The predicted octanol–water partition coefficient (Wildman–Crippen LogP) is 5.24. The van der Waals surface area contributed by atoms with Gasteiger partial charge in [-0.05, 0) is 66.1 Å². The fourth-order valence-electron chi connectivity index (χ4n) is 4.79. The molecule has 0 spiro atoms. The highest BCUT2D eigenvalue weighted by molar-refractivity contribution is 7.07. The molecule has 0 radical (unpaired) electrons. The van der Waals surface area contributed by atoms with Crippen molar-refractivity contribution in [3.8, 4) is 5.75 Å². The van der Waals surface area contributed by atoms with E-state index in [2.05, 4.69) is 4.99 Å². The van der Waals surface area contributed by atoms with Crippen LogP contribution in [0.5, 0.6) is 5.75 Å². The average molecular weight is 551 g/mol. The van der Waals surface area contributed by atoms with E-state index in [9.17, 15) is 19.1 Å². The molecule has 0 aliphatic carbocycles. The lowest BCUT2D eigenvalue weighted by Gasteiger charge is -2.27. The molecule has 0 unspecified atom stereocenters. The molecule has 1 N–H and O–H groups in total. The first-order valence-corrected chi connectivity index (χ1v) is 13.8. The van der Waals surface area contributed by atoms with Gasteiger partial charge in [-0.2, -0.15) is 0 Å². The third-order valence-corrected chi connectivity index (χ3v) is 7.73. The van der Waals surface area contributed by atoms with Gasteiger partial charge in [-0.3, -0.25) is 9.36 Å². The summed E-state index contributed by atoms with van der Waals surface area (Å²) in [5, 5.41) is 11.1. The minimum absolute atomic E-state index is 0.170. The van der Waals surface area contributed by atoms with Crippen molar-refractivity contribution in [2.45, 2.75) is 72.3 Å². The van der Waals surface area contributed by atoms with Crippen molar-refractivity contribution in [2.75, 3.05) is 6.61 Å². The Bertz CT molecular complexity index is 1610. The molecule has 6 nitrogen and oxygen atoms in total. The van der Waals surface area contributed by atoms with Gasteiger partial charge in [-0.1, -0.05) is 65.0 Å². The number of rotatable bonds is 4. The average Bonchev–Trinajstić information content (AvgIpc) is 3.12. The number of esters is 1. The van der Waals surface area contributed by atoms with Crippen LogP contribution in [-0.2, 0) is 20.4 Å². The lowest BCUT2D eigenvalue weighted by molar-refractivity contribution is -0.139. The molecule has 1 aliphatic rings. The minimum atomic E-state index is -0.807. The number of hydrogen-bond donors (Lipinski definition) is 1. The van der Waals surface area contributed by atoms with Gasteiger partial charge in [0.15, 0.2) is 4.80 Å². The number of hydrogen-bond acceptors (Lipinski definition) is 6. The van der Waals surface area contributed by atoms with Crippen LogP contribution in [0, 0.1) is 5.82 Å². The van der Waals surface area contributed by atoms with Crippen LogP contribution in [0.15, 0.2) is 57.5 Å². The molecule has 4 rings (SSSR count). The van der Waals surface area contributed by atoms with Gasteiger partial charge in [0.25, 0.3) is 5.56 Å². The predicted molar refractivity (Wildman–Crippen MR) is 152 cm³/mol. The molecule has 206 valence electrons. The van der Waals surface area contributed by atoms with E-state index in [1.54, 1.807) is 32.1 Å². The largest absolute Gasteiger partial charge is 0.507 e. The number of nitrogens with zero attached hydrogens (tertiary/aromatic N) is 2. The van der Waals surface area contributed by atoms with Crippen molar-refractivity contribution in [3.05, 3.63) is 95.4 Å². The summed E-state index contributed by atoms with van der Waals surface area (Å²) in [6, 6.07) is 8.77. The van der Waals surface area contributed by atoms with E-state index in [4.69, 9.17) is 4.74 Å². The second-order valence-corrected chi connectivity index (χ2v) is 12.8. The van der Waals surface area contributed by atoms with Crippen LogP contribution in [-0.4, -0.2) is 22.2 Å². The fourth-order valence-corrected chi connectivity index (χ4v) is 5.83. The van der Waals surface area contributed by atoms with Crippen LogP contribution in [0.25, 0.3) is 6.08 Å². The smallest absolute Gasteiger partial charge is 0.338 e. The number of allylic oxidation sites excluding steroid dienone is 1. The summed E-state index contributed by atoms with van der Waals surface area (Å²) in [4.78, 5) is 32.0. The second kappa shape index (κ2) is 10.2. The SMILES string of the molecule is CCOC(=O)C1=C(C)N=c2sc(=Cc3cc(C(C)(C)C)c(O)c(C(C)(C)C)c3)c(=O)n2[C@H]1c1ccc(F)cc1. The summed E-state index contributed by atoms with van der Waals surface area (Å²) >= 11 is 1.23. The number of fused-ring (bicyclic) bond motifs is 1. The van der Waals surface area contributed by atoms with Gasteiger partial charge < -0.3 is 9.84 Å². The third-order valence-electron chi connectivity index (χ3n) is 6.75. The summed E-state index contributed by atoms with van der Waals surface area (Å²) < 4.78 is 21.0. The maximum absolute atomic E-state index is 13.9. The lowest BCUT2D eigenvalue weighted by Crippen LogP contribution is -2.39. The molecule has 39 heavy (non-hydrogen) atoms. The number of thiazole rings is 1. The van der Waals surface area contributed by atoms with Gasteiger partial charge in [-0.25, -0.2) is 14.2 Å². The van der Waals surface area contributed by atoms with E-state index in [-0.39, 0.29) is 34.3 Å². The molecule has 2 heterocycles. The van der Waals surface area contributed by atoms with E-state index >= 15 is 0 Å². The molecule has 0 amide bonds. The van der Waals surface area contributed by atoms with Crippen molar-refractivity contribution in [1.82, 2.24) is 4.57 Å². The van der Waals surface area contributed by atoms with E-state index in [1.165, 1.54) is 28.0 Å². The van der Waals surface area contributed by atoms with E-state index in [0.717, 1.165) is 16.7 Å². The Labute approximate surface area is 231 Å². The number of ether oxygens (including phenoxy) is 1. The molecule has 1 aromatic heterocycles. The highest BCUT2D eigenvalue weighted by Gasteiger charge is 2.33. The molecule has 0 fully saturated rings. The number of carbonyl (C=O) groups excluding carboxylic acids is 1. The van der Waals surface area contributed by atoms with Gasteiger partial charge >= 0.3 is 5.97 Å². The number of benzene rings is 2. The monoisotopic (exact) mass is 550 g/mol. The van der Waals surface area contributed by atoms with Crippen molar-refractivity contribution >= 4 is 23.4 Å². The highest BCUT2D eigenvalue weighted by atomic mass is 32.1. The van der Waals surface area contributed by atoms with Crippen LogP contribution in [0.1, 0.15) is 83.7 Å². The molecule has 0 saturated carbocycles. The summed E-state index contributed by atoms with van der Waals surface area (Å²) in [7, 11) is 0. The molecular weight excluding hydrogens is 515 g/mol. The third kappa shape index (κ3) is 5.48. The summed E-state index contributed by atoms with van der Waals surface area (Å²) in [6.07, 6.45) is 1.80. The minimum Gasteiger partial charge on any atom is -0.507 e. The van der Waals surface area contributed by atoms with Gasteiger partial charge in [0.1, 0.15) is 11.6 Å². The first-order valence-electron chi connectivity index (χ1n) is 13.0. The number of aromatic hydroxyl groups is 1. The normalized spacial score (nSPS) is 16.2. The quantitative estimate of drug-likeness (QED) is 0.451. The van der Waals surface area contributed by atoms with Crippen LogP contribution in [0.4, 0.5) is 4.39 Å². The molecule has 1 atom stereocenters. The number of phenolic OH excluding ortho intramolecular Hbond substituents is 1. The van der Waals surface area contributed by atoms with E-state index in [1.807, 2.05) is 53.7 Å². The lowest BCUT2D eigenvalue weighted by atomic mass is 9.78. The highest BCUT2D eigenvalue weighted by Crippen LogP contribution is 2.40. The zero-order valence-electron chi connectivity index (χ0n) is 23.7. The maximum Gasteiger partial charge on any atom is 0.338 e. The summed E-state index contributed by atoms with van der Waals surface area (Å²) in [5.74, 6) is -0.716. The Balaban J connectivity index is 1.99. The van der Waals surface area contributed by atoms with Crippen molar-refractivity contribution < 1.29 is 19.0 Å². The Morgan fingerprint density at radius 2 is 1.67 bits per heavy atom. The molecule has 8 heteroatoms. The van der Waals surface area contributed by atoms with Crippen LogP contribution in [0.3, 0.4) is 0 Å². The van der Waals surface area contributed by atoms with Crippen LogP contribution < -0.4 is 14.9 Å². The first kappa shape index (κ1) is 28.5. The molecule has 0 bridgehead atoms. The van der Waals surface area contributed by atoms with Crippen molar-refractivity contribution in [2.24, 2.45) is 4.99 Å². The molecule has 1 aliphatic heterocycles. The van der Waals surface area contributed by atoms with Gasteiger partial charge in [-0.15, -0.1) is 0 Å². The summed E-state index contributed by atoms with van der Waals surface area (Å²) in [5.41, 5.74) is 2.68. The fraction of sp³-hybridized carbons (Fsp3) is 0.387. The maximum atomic E-state index is 13.9. The molecule has 0 saturated heterocycles.